The zero-order chi connectivity index (χ0) is 15.4. The lowest BCUT2D eigenvalue weighted by Crippen LogP contribution is -2.07. The molecule has 0 atom stereocenters. The first-order chi connectivity index (χ1) is 10.7. The van der Waals surface area contributed by atoms with Gasteiger partial charge in [0.05, 0.1) is 10.6 Å². The molecule has 2 aromatic heterocycles. The molecule has 0 aliphatic carbocycles. The zero-order valence-electron chi connectivity index (χ0n) is 11.3. The molecule has 0 saturated heterocycles. The number of hydrogen-bond donors (Lipinski definition) is 1. The number of anilines is 1. The van der Waals surface area contributed by atoms with Crippen LogP contribution in [0.5, 0.6) is 0 Å². The molecule has 0 fully saturated rings. The van der Waals surface area contributed by atoms with E-state index >= 15 is 0 Å². The summed E-state index contributed by atoms with van der Waals surface area (Å²) in [7, 11) is 0. The molecule has 1 aromatic carbocycles. The Labute approximate surface area is 140 Å². The minimum Gasteiger partial charge on any atom is -0.298 e. The summed E-state index contributed by atoms with van der Waals surface area (Å²) in [5.74, 6) is -0.230. The van der Waals surface area contributed by atoms with Gasteiger partial charge < -0.3 is 0 Å². The van der Waals surface area contributed by atoms with Gasteiger partial charge >= 0.3 is 0 Å². The van der Waals surface area contributed by atoms with Gasteiger partial charge in [-0.2, -0.15) is 0 Å². The monoisotopic (exact) mass is 346 g/mol. The van der Waals surface area contributed by atoms with Crippen molar-refractivity contribution >= 4 is 51.4 Å². The first-order valence-electron chi connectivity index (χ1n) is 6.45. The van der Waals surface area contributed by atoms with Gasteiger partial charge in [-0.05, 0) is 29.2 Å². The van der Waals surface area contributed by atoms with Gasteiger partial charge in [0, 0.05) is 16.5 Å². The van der Waals surface area contributed by atoms with Crippen molar-refractivity contribution in [2.45, 2.75) is 0 Å². The maximum Gasteiger partial charge on any atom is 0.250 e. The number of aromatic nitrogens is 1. The molecule has 0 radical (unpaired) electrons. The second kappa shape index (κ2) is 6.87. The van der Waals surface area contributed by atoms with Crippen LogP contribution < -0.4 is 5.32 Å². The van der Waals surface area contributed by atoms with Gasteiger partial charge in [0.2, 0.25) is 5.91 Å². The van der Waals surface area contributed by atoms with Crippen LogP contribution in [0.3, 0.4) is 0 Å². The number of thiophene rings is 1. The number of carbonyl (C=O) groups is 1. The molecule has 3 rings (SSSR count). The van der Waals surface area contributed by atoms with E-state index in [1.807, 2.05) is 41.1 Å². The number of nitrogens with zero attached hydrogens (tertiary/aromatic N) is 1. The molecule has 1 amide bonds. The minimum atomic E-state index is -0.230. The standard InChI is InChI=1S/C16H11ClN2OS2/c17-12-5-2-1-4-11(12)7-8-15(20)19-16-18-13(10-22-16)14-6-3-9-21-14/h1-10H,(H,18,19,20)/b8-7+. The number of benzene rings is 1. The highest BCUT2D eigenvalue weighted by atomic mass is 35.5. The fraction of sp³-hybridized carbons (Fsp3) is 0. The molecular formula is C16H11ClN2OS2. The highest BCUT2D eigenvalue weighted by molar-refractivity contribution is 7.16. The second-order valence-corrected chi connectivity index (χ2v) is 6.57. The van der Waals surface area contributed by atoms with Crippen LogP contribution in [0, 0.1) is 0 Å². The molecular weight excluding hydrogens is 336 g/mol. The van der Waals surface area contributed by atoms with E-state index in [2.05, 4.69) is 10.3 Å². The molecule has 0 unspecified atom stereocenters. The molecule has 3 aromatic rings. The highest BCUT2D eigenvalue weighted by Gasteiger charge is 2.07. The Kier molecular flexibility index (Phi) is 4.68. The van der Waals surface area contributed by atoms with E-state index in [1.54, 1.807) is 23.5 Å². The van der Waals surface area contributed by atoms with E-state index in [9.17, 15) is 4.79 Å². The Morgan fingerprint density at radius 2 is 2.05 bits per heavy atom. The Hall–Kier alpha value is -1.95. The summed E-state index contributed by atoms with van der Waals surface area (Å²) in [4.78, 5) is 17.4. The topological polar surface area (TPSA) is 42.0 Å². The predicted molar refractivity (Wildman–Crippen MR) is 94.5 cm³/mol. The summed E-state index contributed by atoms with van der Waals surface area (Å²) in [6, 6.07) is 11.3. The molecule has 110 valence electrons. The predicted octanol–water partition coefficient (Wildman–Crippen LogP) is 5.18. The van der Waals surface area contributed by atoms with Gasteiger partial charge in [-0.15, -0.1) is 22.7 Å². The van der Waals surface area contributed by atoms with Crippen molar-refractivity contribution < 1.29 is 4.79 Å². The minimum absolute atomic E-state index is 0.230. The lowest BCUT2D eigenvalue weighted by atomic mass is 10.2. The smallest absolute Gasteiger partial charge is 0.250 e. The Morgan fingerprint density at radius 1 is 1.18 bits per heavy atom. The average Bonchev–Trinajstić information content (AvgIpc) is 3.17. The van der Waals surface area contributed by atoms with Gasteiger partial charge in [0.25, 0.3) is 0 Å². The van der Waals surface area contributed by atoms with E-state index in [1.165, 1.54) is 17.4 Å². The van der Waals surface area contributed by atoms with E-state index < -0.39 is 0 Å². The van der Waals surface area contributed by atoms with Gasteiger partial charge in [-0.25, -0.2) is 4.98 Å². The molecule has 0 aliphatic rings. The lowest BCUT2D eigenvalue weighted by Gasteiger charge is -1.98. The fourth-order valence-corrected chi connectivity index (χ4v) is 3.46. The van der Waals surface area contributed by atoms with Gasteiger partial charge in [0.15, 0.2) is 5.13 Å². The summed E-state index contributed by atoms with van der Waals surface area (Å²) in [5, 5.41) is 7.88. The van der Waals surface area contributed by atoms with Crippen LogP contribution in [0.4, 0.5) is 5.13 Å². The Balaban J connectivity index is 1.66. The normalized spacial score (nSPS) is 11.0. The van der Waals surface area contributed by atoms with E-state index in [4.69, 9.17) is 11.6 Å². The van der Waals surface area contributed by atoms with Gasteiger partial charge in [-0.3, -0.25) is 10.1 Å². The Morgan fingerprint density at radius 3 is 2.82 bits per heavy atom. The van der Waals surface area contributed by atoms with Gasteiger partial charge in [-0.1, -0.05) is 35.9 Å². The fourth-order valence-electron chi connectivity index (χ4n) is 1.79. The van der Waals surface area contributed by atoms with Crippen molar-refractivity contribution in [2.24, 2.45) is 0 Å². The number of hydrogen-bond acceptors (Lipinski definition) is 4. The zero-order valence-corrected chi connectivity index (χ0v) is 13.7. The molecule has 0 spiro atoms. The number of thiazole rings is 1. The van der Waals surface area contributed by atoms with Crippen LogP contribution >= 0.6 is 34.3 Å². The maximum atomic E-state index is 11.9. The average molecular weight is 347 g/mol. The van der Waals surface area contributed by atoms with Crippen LogP contribution in [-0.4, -0.2) is 10.9 Å². The van der Waals surface area contributed by atoms with Crippen LogP contribution in [0.25, 0.3) is 16.6 Å². The van der Waals surface area contributed by atoms with Crippen molar-refractivity contribution in [1.82, 2.24) is 4.98 Å². The van der Waals surface area contributed by atoms with E-state index in [0.717, 1.165) is 16.1 Å². The summed E-state index contributed by atoms with van der Waals surface area (Å²) >= 11 is 9.06. The van der Waals surface area contributed by atoms with Crippen LogP contribution in [0.2, 0.25) is 5.02 Å². The quantitative estimate of drug-likeness (QED) is 0.661. The first-order valence-corrected chi connectivity index (χ1v) is 8.59. The van der Waals surface area contributed by atoms with Crippen molar-refractivity contribution in [3.8, 4) is 10.6 Å². The number of carbonyl (C=O) groups excluding carboxylic acids is 1. The van der Waals surface area contributed by atoms with Crippen molar-refractivity contribution in [3.63, 3.8) is 0 Å². The molecule has 22 heavy (non-hydrogen) atoms. The maximum absolute atomic E-state index is 11.9. The third kappa shape index (κ3) is 3.62. The van der Waals surface area contributed by atoms with E-state index in [0.29, 0.717) is 10.2 Å². The van der Waals surface area contributed by atoms with Crippen molar-refractivity contribution in [1.29, 1.82) is 0 Å². The highest BCUT2D eigenvalue weighted by Crippen LogP contribution is 2.28. The molecule has 2 heterocycles. The first kappa shape index (κ1) is 15.0. The third-order valence-electron chi connectivity index (χ3n) is 2.83. The number of nitrogens with one attached hydrogen (secondary N) is 1. The summed E-state index contributed by atoms with van der Waals surface area (Å²) in [6.07, 6.45) is 3.14. The van der Waals surface area contributed by atoms with E-state index in [-0.39, 0.29) is 5.91 Å². The lowest BCUT2D eigenvalue weighted by molar-refractivity contribution is -0.111. The molecule has 6 heteroatoms. The van der Waals surface area contributed by atoms with Crippen molar-refractivity contribution in [2.75, 3.05) is 5.32 Å². The molecule has 0 aliphatic heterocycles. The molecule has 0 bridgehead atoms. The van der Waals surface area contributed by atoms with Crippen molar-refractivity contribution in [3.05, 3.63) is 63.8 Å². The number of amides is 1. The molecule has 3 nitrogen and oxygen atoms in total. The molecule has 1 N–H and O–H groups in total. The number of rotatable bonds is 4. The molecule has 0 saturated carbocycles. The third-order valence-corrected chi connectivity index (χ3v) is 4.82. The summed E-state index contributed by atoms with van der Waals surface area (Å²) in [5.41, 5.74) is 1.68. The second-order valence-electron chi connectivity index (χ2n) is 4.36. The summed E-state index contributed by atoms with van der Waals surface area (Å²) < 4.78 is 0. The van der Waals surface area contributed by atoms with Crippen LogP contribution in [0.15, 0.2) is 53.2 Å². The van der Waals surface area contributed by atoms with Gasteiger partial charge in [0.1, 0.15) is 0 Å². The number of halogens is 1. The Bertz CT molecular complexity index is 809. The largest absolute Gasteiger partial charge is 0.298 e. The van der Waals surface area contributed by atoms with Crippen LogP contribution in [0.1, 0.15) is 5.56 Å². The van der Waals surface area contributed by atoms with Crippen LogP contribution in [-0.2, 0) is 4.79 Å². The SMILES string of the molecule is O=C(/C=C/c1ccccc1Cl)Nc1nc(-c2cccs2)cs1. The summed E-state index contributed by atoms with van der Waals surface area (Å²) in [6.45, 7) is 0.